The Morgan fingerprint density at radius 3 is 2.43 bits per heavy atom. The number of benzene rings is 2. The van der Waals surface area contributed by atoms with Crippen LogP contribution in [0.1, 0.15) is 28.6 Å². The molecule has 1 N–H and O–H groups in total. The molecule has 0 saturated heterocycles. The number of hydrogen-bond acceptors (Lipinski definition) is 3. The second-order valence-corrected chi connectivity index (χ2v) is 5.57. The van der Waals surface area contributed by atoms with Gasteiger partial charge in [0.2, 0.25) is 5.91 Å². The van der Waals surface area contributed by atoms with Gasteiger partial charge in [0.1, 0.15) is 5.58 Å². The first kappa shape index (κ1) is 15.0. The average molecular weight is 307 g/mol. The highest BCUT2D eigenvalue weighted by Crippen LogP contribution is 2.31. The predicted octanol–water partition coefficient (Wildman–Crippen LogP) is 4.13. The molecular formula is C19H17NO3. The number of nitrogens with one attached hydrogen (secondary N) is 1. The first-order chi connectivity index (χ1) is 11.0. The molecule has 1 amide bonds. The van der Waals surface area contributed by atoms with Gasteiger partial charge in [-0.05, 0) is 24.6 Å². The SMILES string of the molecule is CC(=O)c1oc2ccccc2c1NC(=O)Cc1ccc(C)cc1. The minimum atomic E-state index is -0.216. The minimum Gasteiger partial charge on any atom is -0.451 e. The van der Waals surface area contributed by atoms with Crippen molar-refractivity contribution in [3.63, 3.8) is 0 Å². The summed E-state index contributed by atoms with van der Waals surface area (Å²) >= 11 is 0. The number of hydrogen-bond donors (Lipinski definition) is 1. The topological polar surface area (TPSA) is 59.3 Å². The van der Waals surface area contributed by atoms with Gasteiger partial charge in [0.05, 0.1) is 12.1 Å². The second kappa shape index (κ2) is 6.08. The molecule has 4 heteroatoms. The van der Waals surface area contributed by atoms with Crippen molar-refractivity contribution < 1.29 is 14.0 Å². The summed E-state index contributed by atoms with van der Waals surface area (Å²) in [6.07, 6.45) is 0.247. The largest absolute Gasteiger partial charge is 0.451 e. The monoisotopic (exact) mass is 307 g/mol. The second-order valence-electron chi connectivity index (χ2n) is 5.57. The van der Waals surface area contributed by atoms with Crippen molar-refractivity contribution in [2.45, 2.75) is 20.3 Å². The summed E-state index contributed by atoms with van der Waals surface area (Å²) in [6, 6.07) is 15.1. The third kappa shape index (κ3) is 3.16. The quantitative estimate of drug-likeness (QED) is 0.737. The van der Waals surface area contributed by atoms with E-state index in [1.807, 2.05) is 49.4 Å². The number of ketones is 1. The highest BCUT2D eigenvalue weighted by Gasteiger charge is 2.19. The number of rotatable bonds is 4. The number of amides is 1. The van der Waals surface area contributed by atoms with E-state index in [1.54, 1.807) is 6.07 Å². The molecule has 0 aliphatic rings. The predicted molar refractivity (Wildman–Crippen MR) is 89.7 cm³/mol. The fourth-order valence-corrected chi connectivity index (χ4v) is 2.49. The maximum Gasteiger partial charge on any atom is 0.228 e. The Hall–Kier alpha value is -2.88. The Morgan fingerprint density at radius 1 is 1.04 bits per heavy atom. The standard InChI is InChI=1S/C19H17NO3/c1-12-7-9-14(10-8-12)11-17(22)20-18-15-5-3-4-6-16(15)23-19(18)13(2)21/h3-10H,11H2,1-2H3,(H,20,22). The van der Waals surface area contributed by atoms with Gasteiger partial charge in [-0.15, -0.1) is 0 Å². The molecule has 3 aromatic rings. The summed E-state index contributed by atoms with van der Waals surface area (Å²) in [6.45, 7) is 3.42. The number of carbonyl (C=O) groups is 2. The van der Waals surface area contributed by atoms with E-state index in [-0.39, 0.29) is 23.9 Å². The molecule has 0 fully saturated rings. The van der Waals surface area contributed by atoms with Crippen LogP contribution in [0.25, 0.3) is 11.0 Å². The fraction of sp³-hybridized carbons (Fsp3) is 0.158. The van der Waals surface area contributed by atoms with E-state index < -0.39 is 0 Å². The van der Waals surface area contributed by atoms with Crippen molar-refractivity contribution >= 4 is 28.3 Å². The highest BCUT2D eigenvalue weighted by atomic mass is 16.3. The molecule has 1 aromatic heterocycles. The third-order valence-electron chi connectivity index (χ3n) is 3.66. The van der Waals surface area contributed by atoms with Gasteiger partial charge in [-0.3, -0.25) is 9.59 Å². The number of aryl methyl sites for hydroxylation is 1. The van der Waals surface area contributed by atoms with Crippen LogP contribution in [0.5, 0.6) is 0 Å². The van der Waals surface area contributed by atoms with Gasteiger partial charge in [0, 0.05) is 12.3 Å². The first-order valence-corrected chi connectivity index (χ1v) is 7.42. The van der Waals surface area contributed by atoms with Crippen LogP contribution >= 0.6 is 0 Å². The van der Waals surface area contributed by atoms with Crippen LogP contribution in [-0.4, -0.2) is 11.7 Å². The van der Waals surface area contributed by atoms with E-state index in [0.717, 1.165) is 16.5 Å². The van der Waals surface area contributed by atoms with E-state index in [2.05, 4.69) is 5.32 Å². The lowest BCUT2D eigenvalue weighted by Crippen LogP contribution is -2.15. The number of carbonyl (C=O) groups excluding carboxylic acids is 2. The zero-order chi connectivity index (χ0) is 16.4. The van der Waals surface area contributed by atoms with Crippen LogP contribution in [0, 0.1) is 6.92 Å². The van der Waals surface area contributed by atoms with Crippen molar-refractivity contribution in [1.82, 2.24) is 0 Å². The van der Waals surface area contributed by atoms with E-state index in [4.69, 9.17) is 4.42 Å². The Bertz CT molecular complexity index is 875. The molecule has 0 bridgehead atoms. The van der Waals surface area contributed by atoms with Crippen molar-refractivity contribution in [1.29, 1.82) is 0 Å². The van der Waals surface area contributed by atoms with Crippen LogP contribution < -0.4 is 5.32 Å². The van der Waals surface area contributed by atoms with Crippen LogP contribution in [0.4, 0.5) is 5.69 Å². The van der Waals surface area contributed by atoms with Gasteiger partial charge >= 0.3 is 0 Å². The van der Waals surface area contributed by atoms with E-state index in [0.29, 0.717) is 11.3 Å². The van der Waals surface area contributed by atoms with Crippen molar-refractivity contribution in [3.8, 4) is 0 Å². The lowest BCUT2D eigenvalue weighted by molar-refractivity contribution is -0.115. The van der Waals surface area contributed by atoms with Crippen LogP contribution in [-0.2, 0) is 11.2 Å². The molecule has 0 aliphatic carbocycles. The number of fused-ring (bicyclic) bond motifs is 1. The Morgan fingerprint density at radius 2 is 1.74 bits per heavy atom. The van der Waals surface area contributed by atoms with Gasteiger partial charge in [-0.25, -0.2) is 0 Å². The van der Waals surface area contributed by atoms with Crippen LogP contribution in [0.3, 0.4) is 0 Å². The lowest BCUT2D eigenvalue weighted by Gasteiger charge is -2.05. The molecule has 0 spiro atoms. The van der Waals surface area contributed by atoms with Crippen molar-refractivity contribution in [2.24, 2.45) is 0 Å². The smallest absolute Gasteiger partial charge is 0.228 e. The van der Waals surface area contributed by atoms with Crippen LogP contribution in [0.2, 0.25) is 0 Å². The molecule has 0 saturated carbocycles. The molecule has 3 rings (SSSR count). The maximum absolute atomic E-state index is 12.3. The van der Waals surface area contributed by atoms with Gasteiger partial charge in [-0.1, -0.05) is 42.0 Å². The molecular weight excluding hydrogens is 290 g/mol. The summed E-state index contributed by atoms with van der Waals surface area (Å²) in [5, 5.41) is 3.56. The number of para-hydroxylation sites is 1. The Balaban J connectivity index is 1.88. The van der Waals surface area contributed by atoms with Gasteiger partial charge in [0.15, 0.2) is 11.5 Å². The molecule has 0 aliphatic heterocycles. The average Bonchev–Trinajstić information content (AvgIpc) is 2.89. The fourth-order valence-electron chi connectivity index (χ4n) is 2.49. The zero-order valence-corrected chi connectivity index (χ0v) is 13.1. The maximum atomic E-state index is 12.3. The number of Topliss-reactive ketones (excluding diaryl/α,β-unsaturated/α-hetero) is 1. The first-order valence-electron chi connectivity index (χ1n) is 7.42. The summed E-state index contributed by atoms with van der Waals surface area (Å²) in [5.41, 5.74) is 3.10. The molecule has 2 aromatic carbocycles. The summed E-state index contributed by atoms with van der Waals surface area (Å²) in [7, 11) is 0. The Kier molecular flexibility index (Phi) is 3.98. The number of furan rings is 1. The van der Waals surface area contributed by atoms with Crippen LogP contribution in [0.15, 0.2) is 52.9 Å². The third-order valence-corrected chi connectivity index (χ3v) is 3.66. The summed E-state index contributed by atoms with van der Waals surface area (Å²) in [5.74, 6) is -0.210. The normalized spacial score (nSPS) is 10.7. The van der Waals surface area contributed by atoms with E-state index in [1.165, 1.54) is 6.92 Å². The van der Waals surface area contributed by atoms with Crippen molar-refractivity contribution in [3.05, 3.63) is 65.4 Å². The summed E-state index contributed by atoms with van der Waals surface area (Å²) < 4.78 is 5.56. The molecule has 23 heavy (non-hydrogen) atoms. The highest BCUT2D eigenvalue weighted by molar-refractivity contribution is 6.11. The Labute approximate surface area is 134 Å². The lowest BCUT2D eigenvalue weighted by atomic mass is 10.1. The zero-order valence-electron chi connectivity index (χ0n) is 13.1. The molecule has 4 nitrogen and oxygen atoms in total. The molecule has 0 atom stereocenters. The molecule has 0 unspecified atom stereocenters. The summed E-state index contributed by atoms with van der Waals surface area (Å²) in [4.78, 5) is 24.1. The molecule has 1 heterocycles. The van der Waals surface area contributed by atoms with Crippen molar-refractivity contribution in [2.75, 3.05) is 5.32 Å². The number of anilines is 1. The van der Waals surface area contributed by atoms with Gasteiger partial charge in [0.25, 0.3) is 0 Å². The molecule has 116 valence electrons. The van der Waals surface area contributed by atoms with E-state index in [9.17, 15) is 9.59 Å². The van der Waals surface area contributed by atoms with Gasteiger partial charge < -0.3 is 9.73 Å². The minimum absolute atomic E-state index is 0.178. The van der Waals surface area contributed by atoms with E-state index >= 15 is 0 Å². The molecule has 0 radical (unpaired) electrons. The van der Waals surface area contributed by atoms with Gasteiger partial charge in [-0.2, -0.15) is 0 Å².